The number of aromatic nitrogens is 1. The van der Waals surface area contributed by atoms with E-state index in [9.17, 15) is 41.0 Å². The number of rotatable bonds is 2. The van der Waals surface area contributed by atoms with E-state index < -0.39 is 46.3 Å². The van der Waals surface area contributed by atoms with Gasteiger partial charge in [0.15, 0.2) is 5.88 Å². The van der Waals surface area contributed by atoms with Crippen LogP contribution in [-0.4, -0.2) is 45.8 Å². The number of carbonyl (C=O) groups excluding carboxylic acids is 2. The lowest BCUT2D eigenvalue weighted by atomic mass is 9.72. The van der Waals surface area contributed by atoms with Crippen molar-refractivity contribution in [1.29, 1.82) is 0 Å². The fourth-order valence-corrected chi connectivity index (χ4v) is 4.14. The lowest BCUT2D eigenvalue weighted by molar-refractivity contribution is -0.288. The maximum absolute atomic E-state index is 14.4. The number of hydrogen-bond acceptors (Lipinski definition) is 3. The van der Waals surface area contributed by atoms with E-state index >= 15 is 0 Å². The van der Waals surface area contributed by atoms with Crippen LogP contribution in [0, 0.1) is 0 Å². The minimum Gasteiger partial charge on any atom is -0.494 e. The number of nitrogens with zero attached hydrogens (tertiary/aromatic N) is 2. The number of imide groups is 1. The van der Waals surface area contributed by atoms with Gasteiger partial charge in [-0.2, -0.15) is 26.3 Å². The molecule has 2 aromatic carbocycles. The summed E-state index contributed by atoms with van der Waals surface area (Å²) in [6.07, 6.45) is -10.5. The zero-order chi connectivity index (χ0) is 23.8. The largest absolute Gasteiger partial charge is 0.494 e. The third-order valence-corrected chi connectivity index (χ3v) is 5.77. The van der Waals surface area contributed by atoms with Crippen LogP contribution in [0.4, 0.5) is 26.3 Å². The van der Waals surface area contributed by atoms with Crippen LogP contribution < -0.4 is 0 Å². The number of fused-ring (bicyclic) bond motifs is 2. The SMILES string of the molecule is CN1C(=O)c2ccc(C(c3ccc4c(O)n(C)cc4c3)(C(F)(F)F)C(F)(F)F)cc2C1=O. The summed E-state index contributed by atoms with van der Waals surface area (Å²) < 4.78 is 87.5. The molecule has 2 amide bonds. The van der Waals surface area contributed by atoms with Gasteiger partial charge in [-0.1, -0.05) is 12.1 Å². The highest BCUT2D eigenvalue weighted by Gasteiger charge is 2.72. The Bertz CT molecular complexity index is 1280. The molecule has 1 aliphatic rings. The van der Waals surface area contributed by atoms with Crippen LogP contribution in [0.5, 0.6) is 5.88 Å². The average Bonchev–Trinajstić information content (AvgIpc) is 3.08. The topological polar surface area (TPSA) is 62.5 Å². The van der Waals surface area contributed by atoms with Crippen molar-refractivity contribution in [2.75, 3.05) is 7.05 Å². The van der Waals surface area contributed by atoms with Crippen LogP contribution in [0.2, 0.25) is 0 Å². The van der Waals surface area contributed by atoms with Gasteiger partial charge in [0.05, 0.1) is 11.1 Å². The number of benzene rings is 2. The van der Waals surface area contributed by atoms with E-state index in [2.05, 4.69) is 0 Å². The molecule has 2 heterocycles. The summed E-state index contributed by atoms with van der Waals surface area (Å²) in [6, 6.07) is 4.18. The fourth-order valence-electron chi connectivity index (χ4n) is 4.14. The van der Waals surface area contributed by atoms with Gasteiger partial charge in [-0.25, -0.2) is 0 Å². The van der Waals surface area contributed by atoms with Crippen molar-refractivity contribution in [2.45, 2.75) is 17.8 Å². The van der Waals surface area contributed by atoms with Crippen molar-refractivity contribution < 1.29 is 41.0 Å². The minimum absolute atomic E-state index is 0.0347. The Morgan fingerprint density at radius 3 is 1.91 bits per heavy atom. The summed E-state index contributed by atoms with van der Waals surface area (Å²) in [6.45, 7) is 0. The number of alkyl halides is 6. The van der Waals surface area contributed by atoms with E-state index in [1.165, 1.54) is 13.2 Å². The Morgan fingerprint density at radius 1 is 0.781 bits per heavy atom. The molecule has 0 unspecified atom stereocenters. The van der Waals surface area contributed by atoms with Crippen LogP contribution in [0.15, 0.2) is 42.6 Å². The highest BCUT2D eigenvalue weighted by atomic mass is 19.4. The second-order valence-corrected chi connectivity index (χ2v) is 7.54. The summed E-state index contributed by atoms with van der Waals surface area (Å²) in [5.74, 6) is -2.13. The molecule has 0 aliphatic carbocycles. The highest BCUT2D eigenvalue weighted by Crippen LogP contribution is 2.57. The quantitative estimate of drug-likeness (QED) is 0.456. The molecule has 0 atom stereocenters. The molecule has 5 nitrogen and oxygen atoms in total. The van der Waals surface area contributed by atoms with Crippen LogP contribution in [0.25, 0.3) is 10.8 Å². The van der Waals surface area contributed by atoms with E-state index in [0.29, 0.717) is 29.2 Å². The first-order valence-corrected chi connectivity index (χ1v) is 9.10. The molecule has 3 aromatic rings. The average molecular weight is 456 g/mol. The summed E-state index contributed by atoms with van der Waals surface area (Å²) in [5.41, 5.74) is -7.68. The molecule has 4 rings (SSSR count). The monoisotopic (exact) mass is 456 g/mol. The standard InChI is InChI=1S/C21H14F6N2O3/c1-28-9-10-7-11(3-5-13(10)16(28)30)19(20(22,23)24,21(25,26)27)12-4-6-14-15(8-12)18(32)29(2)17(14)31/h3-9,30H,1-2H3. The molecular formula is C21H14F6N2O3. The Kier molecular flexibility index (Phi) is 4.41. The minimum atomic E-state index is -5.86. The lowest BCUT2D eigenvalue weighted by Crippen LogP contribution is -2.54. The van der Waals surface area contributed by atoms with E-state index in [-0.39, 0.29) is 22.2 Å². The van der Waals surface area contributed by atoms with Gasteiger partial charge < -0.3 is 9.67 Å². The maximum Gasteiger partial charge on any atom is 0.411 e. The number of hydrogen-bond donors (Lipinski definition) is 1. The van der Waals surface area contributed by atoms with Gasteiger partial charge in [-0.05, 0) is 35.4 Å². The van der Waals surface area contributed by atoms with Gasteiger partial charge >= 0.3 is 12.4 Å². The highest BCUT2D eigenvalue weighted by molar-refractivity contribution is 6.21. The third-order valence-electron chi connectivity index (χ3n) is 5.77. The molecule has 0 bridgehead atoms. The molecule has 0 saturated carbocycles. The van der Waals surface area contributed by atoms with Gasteiger partial charge in [0.2, 0.25) is 5.41 Å². The van der Waals surface area contributed by atoms with Gasteiger partial charge in [-0.3, -0.25) is 14.5 Å². The van der Waals surface area contributed by atoms with Crippen molar-refractivity contribution in [3.63, 3.8) is 0 Å². The van der Waals surface area contributed by atoms with E-state index in [0.717, 1.165) is 23.7 Å². The molecule has 1 N–H and O–H groups in total. The number of aromatic hydroxyl groups is 1. The number of halogens is 6. The normalized spacial score (nSPS) is 15.1. The first-order valence-electron chi connectivity index (χ1n) is 9.10. The zero-order valence-corrected chi connectivity index (χ0v) is 16.5. The van der Waals surface area contributed by atoms with Crippen LogP contribution in [0.1, 0.15) is 31.8 Å². The lowest BCUT2D eigenvalue weighted by Gasteiger charge is -2.38. The molecular weight excluding hydrogens is 442 g/mol. The van der Waals surface area contributed by atoms with Crippen molar-refractivity contribution in [2.24, 2.45) is 7.05 Å². The third kappa shape index (κ3) is 2.66. The fraction of sp³-hybridized carbons (Fsp3) is 0.238. The van der Waals surface area contributed by atoms with Crippen molar-refractivity contribution in [3.05, 3.63) is 64.8 Å². The predicted molar refractivity (Wildman–Crippen MR) is 100 cm³/mol. The summed E-state index contributed by atoms with van der Waals surface area (Å²) >= 11 is 0. The zero-order valence-electron chi connectivity index (χ0n) is 16.5. The van der Waals surface area contributed by atoms with Crippen molar-refractivity contribution in [1.82, 2.24) is 9.47 Å². The Morgan fingerprint density at radius 2 is 1.31 bits per heavy atom. The Hall–Kier alpha value is -3.50. The number of amides is 2. The molecule has 1 aromatic heterocycles. The van der Waals surface area contributed by atoms with E-state index in [1.807, 2.05) is 0 Å². The van der Waals surface area contributed by atoms with Gasteiger partial charge in [-0.15, -0.1) is 0 Å². The number of carbonyl (C=O) groups is 2. The maximum atomic E-state index is 14.4. The molecule has 32 heavy (non-hydrogen) atoms. The van der Waals surface area contributed by atoms with Crippen molar-refractivity contribution >= 4 is 22.6 Å². The van der Waals surface area contributed by atoms with Gasteiger partial charge in [0.25, 0.3) is 11.8 Å². The molecule has 0 fully saturated rings. The van der Waals surface area contributed by atoms with Crippen LogP contribution in [0.3, 0.4) is 0 Å². The van der Waals surface area contributed by atoms with Crippen molar-refractivity contribution in [3.8, 4) is 5.88 Å². The summed E-state index contributed by atoms with van der Waals surface area (Å²) in [5, 5.41) is 10.00. The smallest absolute Gasteiger partial charge is 0.411 e. The Labute approximate surface area is 176 Å². The molecule has 168 valence electrons. The van der Waals surface area contributed by atoms with Crippen LogP contribution in [-0.2, 0) is 12.5 Å². The Balaban J connectivity index is 2.08. The molecule has 11 heteroatoms. The molecule has 0 radical (unpaired) electrons. The number of aryl methyl sites for hydroxylation is 1. The summed E-state index contributed by atoms with van der Waals surface area (Å²) in [4.78, 5) is 24.9. The first kappa shape index (κ1) is 21.7. The molecule has 0 saturated heterocycles. The molecule has 1 aliphatic heterocycles. The van der Waals surface area contributed by atoms with Crippen LogP contribution >= 0.6 is 0 Å². The second kappa shape index (κ2) is 6.50. The van der Waals surface area contributed by atoms with E-state index in [1.54, 1.807) is 0 Å². The predicted octanol–water partition coefficient (Wildman–Crippen LogP) is 4.52. The first-order chi connectivity index (χ1) is 14.7. The summed E-state index contributed by atoms with van der Waals surface area (Å²) in [7, 11) is 2.47. The van der Waals surface area contributed by atoms with Gasteiger partial charge in [0.1, 0.15) is 0 Å². The van der Waals surface area contributed by atoms with Gasteiger partial charge in [0, 0.05) is 31.1 Å². The second-order valence-electron chi connectivity index (χ2n) is 7.54. The van der Waals surface area contributed by atoms with E-state index in [4.69, 9.17) is 0 Å². The molecule has 0 spiro atoms.